The lowest BCUT2D eigenvalue weighted by Crippen LogP contribution is -2.43. The minimum Gasteiger partial charge on any atom is -0.396 e. The van der Waals surface area contributed by atoms with E-state index >= 15 is 0 Å². The van der Waals surface area contributed by atoms with E-state index in [0.29, 0.717) is 19.5 Å². The first-order valence-electron chi connectivity index (χ1n) is 5.34. The molecule has 1 unspecified atom stereocenters. The molecule has 0 radical (unpaired) electrons. The molecule has 3 N–H and O–H groups in total. The highest BCUT2D eigenvalue weighted by Gasteiger charge is 2.34. The molecule has 2 amide bonds. The number of aliphatic hydroxyl groups excluding tert-OH is 2. The molecular formula is C10H20N2O3. The van der Waals surface area contributed by atoms with Crippen LogP contribution in [0.4, 0.5) is 4.79 Å². The Bertz CT molecular complexity index is 220. The number of hydrogen-bond donors (Lipinski definition) is 3. The average Bonchev–Trinajstić information content (AvgIpc) is 2.54. The number of carbonyl (C=O) groups excluding carboxylic acids is 1. The summed E-state index contributed by atoms with van der Waals surface area (Å²) in [5.41, 5.74) is -0.568. The molecule has 1 aliphatic rings. The van der Waals surface area contributed by atoms with Gasteiger partial charge in [-0.05, 0) is 13.3 Å². The van der Waals surface area contributed by atoms with Gasteiger partial charge in [-0.1, -0.05) is 6.92 Å². The topological polar surface area (TPSA) is 72.8 Å². The molecule has 0 aromatic carbocycles. The Morgan fingerprint density at radius 2 is 2.13 bits per heavy atom. The summed E-state index contributed by atoms with van der Waals surface area (Å²) in [5, 5.41) is 21.3. The Morgan fingerprint density at radius 3 is 2.47 bits per heavy atom. The minimum atomic E-state index is -0.568. The number of urea groups is 1. The lowest BCUT2D eigenvalue weighted by molar-refractivity contribution is 0.0307. The summed E-state index contributed by atoms with van der Waals surface area (Å²) in [6.45, 7) is 4.69. The smallest absolute Gasteiger partial charge is 0.317 e. The van der Waals surface area contributed by atoms with E-state index in [1.54, 1.807) is 4.90 Å². The number of amides is 2. The largest absolute Gasteiger partial charge is 0.396 e. The summed E-state index contributed by atoms with van der Waals surface area (Å²) >= 11 is 0. The normalized spacial score (nSPS) is 22.0. The Labute approximate surface area is 90.1 Å². The van der Waals surface area contributed by atoms with E-state index < -0.39 is 5.41 Å². The third-order valence-corrected chi connectivity index (χ3v) is 3.10. The predicted molar refractivity (Wildman–Crippen MR) is 56.5 cm³/mol. The molecule has 1 rings (SSSR count). The molecule has 0 saturated carbocycles. The van der Waals surface area contributed by atoms with E-state index in [9.17, 15) is 15.0 Å². The fourth-order valence-corrected chi connectivity index (χ4v) is 1.79. The van der Waals surface area contributed by atoms with Crippen LogP contribution in [0.2, 0.25) is 0 Å². The molecule has 1 fully saturated rings. The highest BCUT2D eigenvalue weighted by Crippen LogP contribution is 2.23. The number of nitrogens with one attached hydrogen (secondary N) is 1. The second kappa shape index (κ2) is 4.81. The van der Waals surface area contributed by atoms with Gasteiger partial charge in [-0.25, -0.2) is 4.79 Å². The van der Waals surface area contributed by atoms with Crippen molar-refractivity contribution in [2.45, 2.75) is 26.3 Å². The van der Waals surface area contributed by atoms with Crippen LogP contribution in [0.3, 0.4) is 0 Å². The lowest BCUT2D eigenvalue weighted by atomic mass is 9.86. The zero-order valence-electron chi connectivity index (χ0n) is 9.36. The van der Waals surface area contributed by atoms with Crippen molar-refractivity contribution >= 4 is 6.03 Å². The molecule has 0 spiro atoms. The number of hydrogen-bond acceptors (Lipinski definition) is 3. The maximum atomic E-state index is 11.5. The molecule has 0 aromatic rings. The first-order valence-corrected chi connectivity index (χ1v) is 5.34. The van der Waals surface area contributed by atoms with Gasteiger partial charge >= 0.3 is 6.03 Å². The molecule has 5 nitrogen and oxygen atoms in total. The monoisotopic (exact) mass is 216 g/mol. The van der Waals surface area contributed by atoms with Crippen molar-refractivity contribution in [2.24, 2.45) is 5.41 Å². The van der Waals surface area contributed by atoms with E-state index in [1.165, 1.54) is 0 Å². The first-order chi connectivity index (χ1) is 7.06. The Kier molecular flexibility index (Phi) is 3.93. The number of nitrogens with zero attached hydrogens (tertiary/aromatic N) is 1. The van der Waals surface area contributed by atoms with Gasteiger partial charge in [-0.3, -0.25) is 0 Å². The van der Waals surface area contributed by atoms with Crippen LogP contribution < -0.4 is 5.32 Å². The zero-order chi connectivity index (χ0) is 11.5. The molecular weight excluding hydrogens is 196 g/mol. The van der Waals surface area contributed by atoms with Gasteiger partial charge in [0.2, 0.25) is 0 Å². The highest BCUT2D eigenvalue weighted by atomic mass is 16.3. The van der Waals surface area contributed by atoms with Gasteiger partial charge in [-0.15, -0.1) is 0 Å². The first kappa shape index (κ1) is 12.3. The van der Waals surface area contributed by atoms with E-state index in [4.69, 9.17) is 0 Å². The maximum absolute atomic E-state index is 11.5. The van der Waals surface area contributed by atoms with E-state index in [1.807, 2.05) is 13.8 Å². The van der Waals surface area contributed by atoms with Crippen molar-refractivity contribution in [2.75, 3.05) is 26.3 Å². The van der Waals surface area contributed by atoms with Crippen molar-refractivity contribution in [3.63, 3.8) is 0 Å². The summed E-state index contributed by atoms with van der Waals surface area (Å²) in [6.07, 6.45) is 0.651. The molecule has 5 heteroatoms. The fraction of sp³-hybridized carbons (Fsp3) is 0.900. The summed E-state index contributed by atoms with van der Waals surface area (Å²) in [7, 11) is 0. The van der Waals surface area contributed by atoms with Gasteiger partial charge in [0.05, 0.1) is 13.2 Å². The molecule has 1 aliphatic heterocycles. The maximum Gasteiger partial charge on any atom is 0.317 e. The van der Waals surface area contributed by atoms with Gasteiger partial charge in [-0.2, -0.15) is 0 Å². The van der Waals surface area contributed by atoms with Crippen LogP contribution in [0.15, 0.2) is 0 Å². The van der Waals surface area contributed by atoms with E-state index in [0.717, 1.165) is 0 Å². The molecule has 15 heavy (non-hydrogen) atoms. The summed E-state index contributed by atoms with van der Waals surface area (Å²) in [6, 6.07) is 0.0340. The Balaban J connectivity index is 2.62. The average molecular weight is 216 g/mol. The number of aliphatic hydroxyl groups is 2. The predicted octanol–water partition coefficient (Wildman–Crippen LogP) is -0.219. The molecule has 1 atom stereocenters. The van der Waals surface area contributed by atoms with Crippen molar-refractivity contribution < 1.29 is 15.0 Å². The fourth-order valence-electron chi connectivity index (χ4n) is 1.79. The van der Waals surface area contributed by atoms with Crippen molar-refractivity contribution in [3.05, 3.63) is 0 Å². The lowest BCUT2D eigenvalue weighted by Gasteiger charge is -2.32. The third-order valence-electron chi connectivity index (χ3n) is 3.10. The van der Waals surface area contributed by atoms with Crippen molar-refractivity contribution in [1.29, 1.82) is 0 Å². The molecule has 0 aliphatic carbocycles. The van der Waals surface area contributed by atoms with Gasteiger partial charge in [0.15, 0.2) is 0 Å². The van der Waals surface area contributed by atoms with Crippen LogP contribution in [0.5, 0.6) is 0 Å². The minimum absolute atomic E-state index is 0.0990. The Morgan fingerprint density at radius 1 is 1.53 bits per heavy atom. The van der Waals surface area contributed by atoms with Crippen LogP contribution in [-0.4, -0.2) is 53.5 Å². The standard InChI is InChI=1S/C10H20N2O3/c1-3-10(6-13,7-14)5-12-4-8(2)11-9(12)15/h8,13-14H,3-7H2,1-2H3,(H,11,15). The zero-order valence-corrected chi connectivity index (χ0v) is 9.36. The second-order valence-corrected chi connectivity index (χ2v) is 4.40. The molecule has 88 valence electrons. The number of rotatable bonds is 5. The third kappa shape index (κ3) is 2.60. The summed E-state index contributed by atoms with van der Waals surface area (Å²) < 4.78 is 0. The summed E-state index contributed by atoms with van der Waals surface area (Å²) in [4.78, 5) is 13.1. The van der Waals surface area contributed by atoms with Gasteiger partial charge in [0.25, 0.3) is 0 Å². The Hall–Kier alpha value is -0.810. The van der Waals surface area contributed by atoms with Gasteiger partial charge in [0.1, 0.15) is 0 Å². The SMILES string of the molecule is CCC(CO)(CO)CN1CC(C)NC1=O. The van der Waals surface area contributed by atoms with Crippen LogP contribution in [0.1, 0.15) is 20.3 Å². The van der Waals surface area contributed by atoms with Crippen LogP contribution >= 0.6 is 0 Å². The van der Waals surface area contributed by atoms with Gasteiger partial charge < -0.3 is 20.4 Å². The molecule has 1 saturated heterocycles. The molecule has 1 heterocycles. The summed E-state index contributed by atoms with van der Waals surface area (Å²) in [5.74, 6) is 0. The second-order valence-electron chi connectivity index (χ2n) is 4.40. The molecule has 0 aromatic heterocycles. The number of carbonyl (C=O) groups is 1. The van der Waals surface area contributed by atoms with E-state index in [2.05, 4.69) is 5.32 Å². The molecule has 0 bridgehead atoms. The van der Waals surface area contributed by atoms with Crippen molar-refractivity contribution in [3.8, 4) is 0 Å². The van der Waals surface area contributed by atoms with Crippen LogP contribution in [0, 0.1) is 5.41 Å². The van der Waals surface area contributed by atoms with Crippen molar-refractivity contribution in [1.82, 2.24) is 10.2 Å². The van der Waals surface area contributed by atoms with Crippen LogP contribution in [0.25, 0.3) is 0 Å². The highest BCUT2D eigenvalue weighted by molar-refractivity contribution is 5.76. The van der Waals surface area contributed by atoms with Gasteiger partial charge in [0, 0.05) is 24.5 Å². The quantitative estimate of drug-likeness (QED) is 0.595. The van der Waals surface area contributed by atoms with E-state index in [-0.39, 0.29) is 25.3 Å². The van der Waals surface area contributed by atoms with Crippen LogP contribution in [-0.2, 0) is 0 Å².